The van der Waals surface area contributed by atoms with Gasteiger partial charge in [-0.3, -0.25) is 4.79 Å². The highest BCUT2D eigenvalue weighted by Gasteiger charge is 2.25. The van der Waals surface area contributed by atoms with Crippen molar-refractivity contribution in [2.75, 3.05) is 28.4 Å². The van der Waals surface area contributed by atoms with Crippen molar-refractivity contribution in [3.05, 3.63) is 71.1 Å². The maximum Gasteiger partial charge on any atom is 0.203 e. The number of methoxy groups -OCH3 is 4. The van der Waals surface area contributed by atoms with E-state index < -0.39 is 0 Å². The van der Waals surface area contributed by atoms with Gasteiger partial charge in [-0.25, -0.2) is 0 Å². The number of thiophene rings is 1. The normalized spacial score (nSPS) is 10.7. The zero-order chi connectivity index (χ0) is 22.0. The van der Waals surface area contributed by atoms with Gasteiger partial charge in [0, 0.05) is 26.8 Å². The van der Waals surface area contributed by atoms with Gasteiger partial charge in [0.25, 0.3) is 0 Å². The van der Waals surface area contributed by atoms with Gasteiger partial charge in [-0.1, -0.05) is 36.4 Å². The van der Waals surface area contributed by atoms with Crippen molar-refractivity contribution in [1.29, 1.82) is 0 Å². The lowest BCUT2D eigenvalue weighted by Gasteiger charge is -2.14. The van der Waals surface area contributed by atoms with Gasteiger partial charge in [-0.05, 0) is 24.3 Å². The largest absolute Gasteiger partial charge is 0.496 e. The van der Waals surface area contributed by atoms with Crippen LogP contribution < -0.4 is 18.9 Å². The molecule has 0 radical (unpaired) electrons. The van der Waals surface area contributed by atoms with E-state index in [1.807, 2.05) is 48.5 Å². The third kappa shape index (κ3) is 3.59. The monoisotopic (exact) mass is 434 g/mol. The molecule has 5 nitrogen and oxygen atoms in total. The van der Waals surface area contributed by atoms with E-state index >= 15 is 0 Å². The molecule has 0 fully saturated rings. The van der Waals surface area contributed by atoms with E-state index in [2.05, 4.69) is 0 Å². The molecule has 1 aromatic heterocycles. The maximum absolute atomic E-state index is 13.8. The fourth-order valence-electron chi connectivity index (χ4n) is 3.67. The Bertz CT molecular complexity index is 1230. The summed E-state index contributed by atoms with van der Waals surface area (Å²) in [5.41, 5.74) is 2.19. The summed E-state index contributed by atoms with van der Waals surface area (Å²) in [5, 5.41) is 1.01. The van der Waals surface area contributed by atoms with E-state index in [-0.39, 0.29) is 5.78 Å². The first-order valence-corrected chi connectivity index (χ1v) is 10.4. The lowest BCUT2D eigenvalue weighted by Crippen LogP contribution is -2.04. The molecule has 0 atom stereocenters. The van der Waals surface area contributed by atoms with Gasteiger partial charge in [0.15, 0.2) is 11.5 Å². The summed E-state index contributed by atoms with van der Waals surface area (Å²) in [6.45, 7) is 0. The van der Waals surface area contributed by atoms with Gasteiger partial charge in [-0.2, -0.15) is 0 Å². The van der Waals surface area contributed by atoms with Crippen LogP contribution in [0.1, 0.15) is 15.2 Å². The van der Waals surface area contributed by atoms with Crippen molar-refractivity contribution in [2.45, 2.75) is 0 Å². The van der Waals surface area contributed by atoms with Crippen LogP contribution >= 0.6 is 11.3 Å². The van der Waals surface area contributed by atoms with Crippen molar-refractivity contribution in [2.24, 2.45) is 0 Å². The molecule has 0 amide bonds. The summed E-state index contributed by atoms with van der Waals surface area (Å²) < 4.78 is 22.9. The Morgan fingerprint density at radius 2 is 1.35 bits per heavy atom. The number of para-hydroxylation sites is 1. The Hall–Kier alpha value is -3.51. The van der Waals surface area contributed by atoms with Gasteiger partial charge in [0.1, 0.15) is 5.75 Å². The zero-order valence-electron chi connectivity index (χ0n) is 17.7. The Labute approximate surface area is 184 Å². The standard InChI is InChI=1S/C25H22O5S/c1-27-18-11-7-5-9-16(18)22-17-10-6-8-12-21(17)31-25(22)23(26)15-13-19(28-2)24(30-4)20(14-15)29-3/h5-14H,1-4H3. The molecule has 0 bridgehead atoms. The predicted molar refractivity (Wildman–Crippen MR) is 123 cm³/mol. The number of rotatable bonds is 7. The summed E-state index contributed by atoms with van der Waals surface area (Å²) in [5.74, 6) is 1.91. The maximum atomic E-state index is 13.8. The van der Waals surface area contributed by atoms with Crippen LogP contribution in [-0.2, 0) is 0 Å². The van der Waals surface area contributed by atoms with Gasteiger partial charge in [-0.15, -0.1) is 11.3 Å². The van der Waals surface area contributed by atoms with Crippen molar-refractivity contribution >= 4 is 27.2 Å². The number of hydrogen-bond acceptors (Lipinski definition) is 6. The molecule has 4 aromatic rings. The first kappa shape index (κ1) is 20.8. The van der Waals surface area contributed by atoms with Gasteiger partial charge >= 0.3 is 0 Å². The number of carbonyl (C=O) groups excluding carboxylic acids is 1. The van der Waals surface area contributed by atoms with Crippen molar-refractivity contribution < 1.29 is 23.7 Å². The van der Waals surface area contributed by atoms with Gasteiger partial charge in [0.2, 0.25) is 11.5 Å². The quantitative estimate of drug-likeness (QED) is 0.342. The fraction of sp³-hybridized carbons (Fsp3) is 0.160. The van der Waals surface area contributed by atoms with Crippen LogP contribution in [0, 0.1) is 0 Å². The molecule has 6 heteroatoms. The van der Waals surface area contributed by atoms with Crippen LogP contribution in [-0.4, -0.2) is 34.2 Å². The van der Waals surface area contributed by atoms with E-state index in [0.29, 0.717) is 33.4 Å². The zero-order valence-corrected chi connectivity index (χ0v) is 18.5. The summed E-state index contributed by atoms with van der Waals surface area (Å²) in [7, 11) is 6.23. The average Bonchev–Trinajstić information content (AvgIpc) is 3.21. The third-order valence-corrected chi connectivity index (χ3v) is 6.27. The van der Waals surface area contributed by atoms with Crippen LogP contribution in [0.4, 0.5) is 0 Å². The summed E-state index contributed by atoms with van der Waals surface area (Å²) >= 11 is 1.46. The molecule has 4 rings (SSSR count). The molecule has 1 heterocycles. The predicted octanol–water partition coefficient (Wildman–Crippen LogP) is 5.83. The molecule has 0 spiro atoms. The van der Waals surface area contributed by atoms with Crippen molar-refractivity contribution in [3.8, 4) is 34.1 Å². The molecule has 0 aliphatic rings. The van der Waals surface area contributed by atoms with Crippen molar-refractivity contribution in [3.63, 3.8) is 0 Å². The average molecular weight is 435 g/mol. The first-order valence-electron chi connectivity index (χ1n) is 9.62. The molecule has 0 saturated carbocycles. The molecule has 0 unspecified atom stereocenters. The molecule has 158 valence electrons. The topological polar surface area (TPSA) is 54.0 Å². The second kappa shape index (κ2) is 8.70. The van der Waals surface area contributed by atoms with Crippen LogP contribution in [0.25, 0.3) is 21.2 Å². The first-order chi connectivity index (χ1) is 15.1. The van der Waals surface area contributed by atoms with E-state index in [1.165, 1.54) is 32.7 Å². The number of benzene rings is 3. The number of ether oxygens (including phenoxy) is 4. The smallest absolute Gasteiger partial charge is 0.203 e. The van der Waals surface area contributed by atoms with E-state index in [1.54, 1.807) is 19.2 Å². The highest BCUT2D eigenvalue weighted by molar-refractivity contribution is 7.21. The number of hydrogen-bond donors (Lipinski definition) is 0. The van der Waals surface area contributed by atoms with Crippen LogP contribution in [0.15, 0.2) is 60.7 Å². The van der Waals surface area contributed by atoms with Crippen LogP contribution in [0.2, 0.25) is 0 Å². The van der Waals surface area contributed by atoms with Gasteiger partial charge < -0.3 is 18.9 Å². The minimum Gasteiger partial charge on any atom is -0.496 e. The van der Waals surface area contributed by atoms with Gasteiger partial charge in [0.05, 0.1) is 33.3 Å². The highest BCUT2D eigenvalue weighted by atomic mass is 32.1. The summed E-state index contributed by atoms with van der Waals surface area (Å²) in [6.07, 6.45) is 0. The molecule has 0 aliphatic carbocycles. The molecule has 3 aromatic carbocycles. The fourth-order valence-corrected chi connectivity index (χ4v) is 4.85. The molecule has 31 heavy (non-hydrogen) atoms. The second-order valence-corrected chi connectivity index (χ2v) is 7.80. The summed E-state index contributed by atoms with van der Waals surface area (Å²) in [6, 6.07) is 19.1. The molecular formula is C25H22O5S. The van der Waals surface area contributed by atoms with Crippen LogP contribution in [0.5, 0.6) is 23.0 Å². The molecule has 0 aliphatic heterocycles. The van der Waals surface area contributed by atoms with E-state index in [4.69, 9.17) is 18.9 Å². The SMILES string of the molecule is COc1ccccc1-c1c(C(=O)c2cc(OC)c(OC)c(OC)c2)sc2ccccc12. The summed E-state index contributed by atoms with van der Waals surface area (Å²) in [4.78, 5) is 14.4. The molecule has 0 N–H and O–H groups in total. The number of carbonyl (C=O) groups is 1. The Kier molecular flexibility index (Phi) is 5.82. The Balaban J connectivity index is 1.96. The highest BCUT2D eigenvalue weighted by Crippen LogP contribution is 2.45. The van der Waals surface area contributed by atoms with Crippen molar-refractivity contribution in [1.82, 2.24) is 0 Å². The number of fused-ring (bicyclic) bond motifs is 1. The van der Waals surface area contributed by atoms with E-state index in [9.17, 15) is 4.79 Å². The Morgan fingerprint density at radius 3 is 2.00 bits per heavy atom. The van der Waals surface area contributed by atoms with Crippen LogP contribution in [0.3, 0.4) is 0 Å². The minimum absolute atomic E-state index is 0.124. The third-order valence-electron chi connectivity index (χ3n) is 5.10. The second-order valence-electron chi connectivity index (χ2n) is 6.75. The minimum atomic E-state index is -0.124. The lowest BCUT2D eigenvalue weighted by atomic mass is 9.97. The van der Waals surface area contributed by atoms with E-state index in [0.717, 1.165) is 21.2 Å². The number of ketones is 1. The molecule has 0 saturated heterocycles. The molecular weight excluding hydrogens is 412 g/mol. The lowest BCUT2D eigenvalue weighted by molar-refractivity contribution is 0.104. The Morgan fingerprint density at radius 1 is 0.742 bits per heavy atom.